The van der Waals surface area contributed by atoms with Gasteiger partial charge in [-0.2, -0.15) is 0 Å². The predicted molar refractivity (Wildman–Crippen MR) is 112 cm³/mol. The first-order valence-corrected chi connectivity index (χ1v) is 10.9. The normalized spacial score (nSPS) is 12.4. The van der Waals surface area contributed by atoms with E-state index in [1.165, 1.54) is 13.2 Å². The minimum absolute atomic E-state index is 0.0863. The second-order valence-electron chi connectivity index (χ2n) is 6.82. The Morgan fingerprint density at radius 1 is 1.17 bits per heavy atom. The summed E-state index contributed by atoms with van der Waals surface area (Å²) in [5.41, 5.74) is 2.77. The number of H-pyrrole nitrogens is 1. The predicted octanol–water partition coefficient (Wildman–Crippen LogP) is 3.54. The molecular formula is C21H23N3O4S. The number of hydrogen-bond donors (Lipinski definition) is 2. The lowest BCUT2D eigenvalue weighted by molar-refractivity contribution is -0.117. The van der Waals surface area contributed by atoms with Crippen molar-refractivity contribution in [1.29, 1.82) is 0 Å². The lowest BCUT2D eigenvalue weighted by Crippen LogP contribution is -2.19. The number of rotatable bonds is 6. The molecular weight excluding hydrogens is 390 g/mol. The van der Waals surface area contributed by atoms with Gasteiger partial charge >= 0.3 is 0 Å². The number of benzene rings is 2. The molecule has 0 aliphatic rings. The van der Waals surface area contributed by atoms with Crippen molar-refractivity contribution < 1.29 is 17.9 Å². The fourth-order valence-electron chi connectivity index (χ4n) is 3.03. The summed E-state index contributed by atoms with van der Waals surface area (Å²) in [6, 6.07) is 14.3. The Kier molecular flexibility index (Phi) is 5.74. The molecule has 29 heavy (non-hydrogen) atoms. The highest BCUT2D eigenvalue weighted by atomic mass is 32.2. The maximum Gasteiger partial charge on any atom is 0.233 e. The molecule has 152 valence electrons. The molecule has 0 saturated carbocycles. The Hall–Kier alpha value is -3.13. The monoisotopic (exact) mass is 413 g/mol. The first kappa shape index (κ1) is 20.6. The smallest absolute Gasteiger partial charge is 0.233 e. The number of aromatic amines is 1. The van der Waals surface area contributed by atoms with Crippen LogP contribution in [0.1, 0.15) is 24.1 Å². The van der Waals surface area contributed by atoms with Gasteiger partial charge in [0, 0.05) is 17.5 Å². The summed E-state index contributed by atoms with van der Waals surface area (Å²) in [6.07, 6.45) is 1.13. The number of sulfone groups is 1. The van der Waals surface area contributed by atoms with Crippen LogP contribution in [0, 0.1) is 6.92 Å². The lowest BCUT2D eigenvalue weighted by atomic mass is 10.0. The van der Waals surface area contributed by atoms with Crippen molar-refractivity contribution in [3.8, 4) is 17.0 Å². The Morgan fingerprint density at radius 3 is 2.48 bits per heavy atom. The Bertz CT molecular complexity index is 1140. The number of nitrogens with zero attached hydrogens (tertiary/aromatic N) is 1. The van der Waals surface area contributed by atoms with Crippen LogP contribution in [0.4, 0.5) is 5.95 Å². The van der Waals surface area contributed by atoms with E-state index in [9.17, 15) is 13.2 Å². The number of ether oxygens (including phenoxy) is 1. The number of carbonyl (C=O) groups is 1. The van der Waals surface area contributed by atoms with E-state index in [-0.39, 0.29) is 22.5 Å². The number of aromatic nitrogens is 2. The summed E-state index contributed by atoms with van der Waals surface area (Å²) in [5.74, 6) is 0.0441. The van der Waals surface area contributed by atoms with Crippen molar-refractivity contribution in [1.82, 2.24) is 9.97 Å². The number of hydrogen-bond acceptors (Lipinski definition) is 5. The molecule has 8 heteroatoms. The highest BCUT2D eigenvalue weighted by Crippen LogP contribution is 2.31. The average Bonchev–Trinajstić information content (AvgIpc) is 3.06. The van der Waals surface area contributed by atoms with E-state index in [0.29, 0.717) is 22.9 Å². The summed E-state index contributed by atoms with van der Waals surface area (Å²) in [4.78, 5) is 20.2. The van der Waals surface area contributed by atoms with Gasteiger partial charge in [0.15, 0.2) is 9.84 Å². The van der Waals surface area contributed by atoms with Crippen LogP contribution in [0.5, 0.6) is 5.75 Å². The zero-order valence-electron chi connectivity index (χ0n) is 16.7. The molecule has 0 bridgehead atoms. The molecule has 1 unspecified atom stereocenters. The van der Waals surface area contributed by atoms with Crippen LogP contribution in [0.3, 0.4) is 0 Å². The number of methoxy groups -OCH3 is 1. The van der Waals surface area contributed by atoms with Gasteiger partial charge in [0.2, 0.25) is 11.9 Å². The van der Waals surface area contributed by atoms with Gasteiger partial charge in [-0.05, 0) is 37.6 Å². The molecule has 1 atom stereocenters. The number of amides is 1. The molecule has 1 heterocycles. The first-order chi connectivity index (χ1) is 13.7. The van der Waals surface area contributed by atoms with Crippen LogP contribution in [-0.2, 0) is 14.6 Å². The quantitative estimate of drug-likeness (QED) is 0.644. The van der Waals surface area contributed by atoms with Crippen molar-refractivity contribution >= 4 is 21.7 Å². The number of carbonyl (C=O) groups excluding carboxylic acids is 1. The van der Waals surface area contributed by atoms with Crippen LogP contribution < -0.4 is 10.1 Å². The van der Waals surface area contributed by atoms with Crippen LogP contribution in [0.2, 0.25) is 0 Å². The van der Waals surface area contributed by atoms with Crippen molar-refractivity contribution in [3.05, 3.63) is 59.8 Å². The molecule has 0 fully saturated rings. The van der Waals surface area contributed by atoms with E-state index in [4.69, 9.17) is 4.74 Å². The summed E-state index contributed by atoms with van der Waals surface area (Å²) in [6.45, 7) is 3.63. The number of nitrogens with one attached hydrogen (secondary N) is 2. The fraction of sp³-hybridized carbons (Fsp3) is 0.238. The van der Waals surface area contributed by atoms with E-state index < -0.39 is 9.84 Å². The van der Waals surface area contributed by atoms with E-state index in [1.54, 1.807) is 12.1 Å². The maximum atomic E-state index is 12.6. The van der Waals surface area contributed by atoms with Crippen LogP contribution in [0.25, 0.3) is 11.3 Å². The molecule has 2 aromatic carbocycles. The molecule has 0 saturated heterocycles. The summed E-state index contributed by atoms with van der Waals surface area (Å²) in [5, 5.41) is 2.79. The Labute approximate surface area is 170 Å². The topological polar surface area (TPSA) is 101 Å². The standard InChI is InChI=1S/C21H23N3O4S/c1-13(15-8-6-5-7-9-15)20(25)24-21-22-14(2)19(23-21)16-10-11-17(28-3)18(12-16)29(4,26)27/h5-13H,1-4H3,(H2,22,23,24,25). The van der Waals surface area contributed by atoms with E-state index in [1.807, 2.05) is 44.2 Å². The number of aryl methyl sites for hydroxylation is 1. The fourth-order valence-corrected chi connectivity index (χ4v) is 3.89. The minimum Gasteiger partial charge on any atom is -0.495 e. The average molecular weight is 413 g/mol. The van der Waals surface area contributed by atoms with Crippen molar-refractivity contribution in [2.45, 2.75) is 24.7 Å². The summed E-state index contributed by atoms with van der Waals surface area (Å²) >= 11 is 0. The molecule has 1 amide bonds. The van der Waals surface area contributed by atoms with Gasteiger partial charge in [-0.15, -0.1) is 0 Å². The van der Waals surface area contributed by atoms with Gasteiger partial charge in [0.25, 0.3) is 0 Å². The largest absolute Gasteiger partial charge is 0.495 e. The van der Waals surface area contributed by atoms with Crippen molar-refractivity contribution in [2.24, 2.45) is 0 Å². The SMILES string of the molecule is COc1ccc(-c2nc(NC(=O)C(C)c3ccccc3)[nH]c2C)cc1S(C)(=O)=O. The third-order valence-corrected chi connectivity index (χ3v) is 5.77. The maximum absolute atomic E-state index is 12.6. The zero-order chi connectivity index (χ0) is 21.2. The van der Waals surface area contributed by atoms with Crippen LogP contribution >= 0.6 is 0 Å². The molecule has 7 nitrogen and oxygen atoms in total. The van der Waals surface area contributed by atoms with E-state index >= 15 is 0 Å². The highest BCUT2D eigenvalue weighted by Gasteiger charge is 2.20. The molecule has 1 aromatic heterocycles. The molecule has 0 aliphatic carbocycles. The lowest BCUT2D eigenvalue weighted by Gasteiger charge is -2.10. The molecule has 0 spiro atoms. The molecule has 2 N–H and O–H groups in total. The molecule has 0 aliphatic heterocycles. The zero-order valence-corrected chi connectivity index (χ0v) is 17.5. The molecule has 0 radical (unpaired) electrons. The molecule has 3 rings (SSSR count). The van der Waals surface area contributed by atoms with E-state index in [0.717, 1.165) is 11.8 Å². The second-order valence-corrected chi connectivity index (χ2v) is 8.80. The summed E-state index contributed by atoms with van der Waals surface area (Å²) in [7, 11) is -2.05. The highest BCUT2D eigenvalue weighted by molar-refractivity contribution is 7.90. The van der Waals surface area contributed by atoms with Crippen LogP contribution in [-0.4, -0.2) is 37.7 Å². The summed E-state index contributed by atoms with van der Waals surface area (Å²) < 4.78 is 29.3. The van der Waals surface area contributed by atoms with Crippen molar-refractivity contribution in [3.63, 3.8) is 0 Å². The number of anilines is 1. The minimum atomic E-state index is -3.48. The van der Waals surface area contributed by atoms with Gasteiger partial charge in [-0.25, -0.2) is 13.4 Å². The Balaban J connectivity index is 1.88. The van der Waals surface area contributed by atoms with Gasteiger partial charge < -0.3 is 9.72 Å². The number of imidazole rings is 1. The third-order valence-electron chi connectivity index (χ3n) is 4.66. The van der Waals surface area contributed by atoms with Gasteiger partial charge in [-0.1, -0.05) is 30.3 Å². The van der Waals surface area contributed by atoms with E-state index in [2.05, 4.69) is 15.3 Å². The third kappa shape index (κ3) is 4.48. The first-order valence-electron chi connectivity index (χ1n) is 9.01. The van der Waals surface area contributed by atoms with Gasteiger partial charge in [-0.3, -0.25) is 10.1 Å². The Morgan fingerprint density at radius 2 is 1.86 bits per heavy atom. The van der Waals surface area contributed by atoms with Crippen LogP contribution in [0.15, 0.2) is 53.4 Å². The van der Waals surface area contributed by atoms with Gasteiger partial charge in [0.1, 0.15) is 10.6 Å². The molecule has 3 aromatic rings. The van der Waals surface area contributed by atoms with Crippen molar-refractivity contribution in [2.75, 3.05) is 18.7 Å². The van der Waals surface area contributed by atoms with Gasteiger partial charge in [0.05, 0.1) is 18.7 Å². The second kappa shape index (κ2) is 8.08.